The molecule has 1 aromatic carbocycles. The molecule has 0 bridgehead atoms. The fourth-order valence-corrected chi connectivity index (χ4v) is 3.45. The zero-order valence-electron chi connectivity index (χ0n) is 21.7. The van der Waals surface area contributed by atoms with Gasteiger partial charge in [0, 0.05) is 12.6 Å². The van der Waals surface area contributed by atoms with E-state index in [1.807, 2.05) is 45.9 Å². The van der Waals surface area contributed by atoms with Gasteiger partial charge >= 0.3 is 6.09 Å². The van der Waals surface area contributed by atoms with Gasteiger partial charge in [0.15, 0.2) is 0 Å². The van der Waals surface area contributed by atoms with Gasteiger partial charge in [0.05, 0.1) is 0 Å². The summed E-state index contributed by atoms with van der Waals surface area (Å²) in [5.74, 6) is -0.539. The zero-order chi connectivity index (χ0) is 25.2. The number of unbranched alkanes of at least 4 members (excludes halogenated alkanes) is 2. The molecule has 1 rings (SSSR count). The van der Waals surface area contributed by atoms with E-state index in [1.165, 1.54) is 0 Å². The van der Waals surface area contributed by atoms with Gasteiger partial charge in [-0.1, -0.05) is 44.9 Å². The summed E-state index contributed by atoms with van der Waals surface area (Å²) in [6, 6.07) is 4.86. The smallest absolute Gasteiger partial charge is 0.408 e. The molecule has 0 saturated heterocycles. The van der Waals surface area contributed by atoms with Crippen molar-refractivity contribution in [3.63, 3.8) is 0 Å². The van der Waals surface area contributed by atoms with Crippen molar-refractivity contribution in [1.29, 1.82) is 0 Å². The van der Waals surface area contributed by atoms with Crippen LogP contribution in [0.15, 0.2) is 18.2 Å². The summed E-state index contributed by atoms with van der Waals surface area (Å²) < 4.78 is 5.25. The molecule has 0 radical (unpaired) electrons. The quantitative estimate of drug-likeness (QED) is 0.463. The highest BCUT2D eigenvalue weighted by Gasteiger charge is 2.34. The second-order valence-corrected chi connectivity index (χ2v) is 9.66. The van der Waals surface area contributed by atoms with Crippen LogP contribution in [0.1, 0.15) is 90.0 Å². The molecule has 7 nitrogen and oxygen atoms in total. The lowest BCUT2D eigenvalue weighted by molar-refractivity contribution is -0.142. The van der Waals surface area contributed by atoms with Crippen molar-refractivity contribution in [1.82, 2.24) is 15.5 Å². The second kappa shape index (κ2) is 13.2. The fraction of sp³-hybridized carbons (Fsp3) is 0.654. The highest BCUT2D eigenvalue weighted by atomic mass is 16.6. The Morgan fingerprint density at radius 1 is 1.03 bits per heavy atom. The van der Waals surface area contributed by atoms with Crippen molar-refractivity contribution in [3.8, 4) is 0 Å². The van der Waals surface area contributed by atoms with Gasteiger partial charge in [-0.05, 0) is 71.1 Å². The van der Waals surface area contributed by atoms with Crippen LogP contribution in [0.3, 0.4) is 0 Å². The van der Waals surface area contributed by atoms with Crippen LogP contribution in [-0.2, 0) is 14.3 Å². The first-order valence-corrected chi connectivity index (χ1v) is 12.0. The van der Waals surface area contributed by atoms with E-state index < -0.39 is 17.7 Å². The topological polar surface area (TPSA) is 87.7 Å². The number of alkyl carbamates (subject to hydrolysis) is 1. The van der Waals surface area contributed by atoms with Crippen LogP contribution in [0, 0.1) is 13.8 Å². The van der Waals surface area contributed by atoms with E-state index in [1.54, 1.807) is 25.7 Å². The molecule has 0 aromatic heterocycles. The van der Waals surface area contributed by atoms with Gasteiger partial charge in [-0.2, -0.15) is 0 Å². The Morgan fingerprint density at radius 2 is 1.70 bits per heavy atom. The lowest BCUT2D eigenvalue weighted by atomic mass is 9.97. The van der Waals surface area contributed by atoms with Gasteiger partial charge < -0.3 is 20.3 Å². The van der Waals surface area contributed by atoms with Crippen LogP contribution in [0.4, 0.5) is 4.79 Å². The molecule has 0 saturated carbocycles. The van der Waals surface area contributed by atoms with E-state index >= 15 is 0 Å². The number of nitrogens with one attached hydrogen (secondary N) is 2. The van der Waals surface area contributed by atoms with Gasteiger partial charge in [0.1, 0.15) is 18.2 Å². The van der Waals surface area contributed by atoms with Gasteiger partial charge in [0.25, 0.3) is 0 Å². The van der Waals surface area contributed by atoms with E-state index in [4.69, 9.17) is 4.74 Å². The summed E-state index contributed by atoms with van der Waals surface area (Å²) in [6.07, 6.45) is 2.99. The normalized spacial score (nSPS) is 13.1. The van der Waals surface area contributed by atoms with Crippen molar-refractivity contribution in [3.05, 3.63) is 34.9 Å². The number of nitrogens with zero attached hydrogens (tertiary/aromatic N) is 1. The number of ether oxygens (including phenoxy) is 1. The van der Waals surface area contributed by atoms with Crippen molar-refractivity contribution >= 4 is 17.9 Å². The number of hydrogen-bond acceptors (Lipinski definition) is 4. The number of aryl methyl sites for hydroxylation is 2. The Hall–Kier alpha value is -2.57. The van der Waals surface area contributed by atoms with Crippen LogP contribution >= 0.6 is 0 Å². The number of amides is 3. The van der Waals surface area contributed by atoms with Crippen molar-refractivity contribution in [2.24, 2.45) is 0 Å². The first-order chi connectivity index (χ1) is 15.4. The number of benzene rings is 1. The molecule has 2 unspecified atom stereocenters. The lowest BCUT2D eigenvalue weighted by Gasteiger charge is -2.36. The second-order valence-electron chi connectivity index (χ2n) is 9.66. The third kappa shape index (κ3) is 9.44. The Labute approximate surface area is 199 Å². The van der Waals surface area contributed by atoms with Crippen LogP contribution < -0.4 is 10.6 Å². The molecule has 3 amide bonds. The molecule has 0 heterocycles. The zero-order valence-corrected chi connectivity index (χ0v) is 21.7. The summed E-state index contributed by atoms with van der Waals surface area (Å²) in [6.45, 7) is 15.6. The molecule has 186 valence electrons. The summed E-state index contributed by atoms with van der Waals surface area (Å²) in [5.41, 5.74) is 2.27. The number of rotatable bonds is 11. The molecular formula is C26H43N3O4. The van der Waals surface area contributed by atoms with Crippen LogP contribution in [0.2, 0.25) is 0 Å². The lowest BCUT2D eigenvalue weighted by Crippen LogP contribution is -2.51. The number of hydrogen-bond donors (Lipinski definition) is 2. The van der Waals surface area contributed by atoms with E-state index in [0.29, 0.717) is 13.0 Å². The van der Waals surface area contributed by atoms with E-state index in [9.17, 15) is 14.4 Å². The maximum absolute atomic E-state index is 13.4. The molecule has 2 N–H and O–H groups in total. The van der Waals surface area contributed by atoms with Crippen LogP contribution in [0.5, 0.6) is 0 Å². The van der Waals surface area contributed by atoms with Gasteiger partial charge in [-0.15, -0.1) is 0 Å². The SMILES string of the molecule is CCCCCNC(=O)C(c1ccc(C)c(C)c1)N(C(=O)CNC(=O)OC(C)(C)C)C(C)CC. The molecule has 0 spiro atoms. The minimum atomic E-state index is -0.784. The third-order valence-electron chi connectivity index (χ3n) is 5.59. The Bertz CT molecular complexity index is 801. The molecular weight excluding hydrogens is 418 g/mol. The predicted molar refractivity (Wildman–Crippen MR) is 132 cm³/mol. The molecule has 33 heavy (non-hydrogen) atoms. The summed E-state index contributed by atoms with van der Waals surface area (Å²) in [4.78, 5) is 40.4. The van der Waals surface area contributed by atoms with Crippen LogP contribution in [0.25, 0.3) is 0 Å². The highest BCUT2D eigenvalue weighted by Crippen LogP contribution is 2.27. The van der Waals surface area contributed by atoms with E-state index in [2.05, 4.69) is 17.6 Å². The maximum Gasteiger partial charge on any atom is 0.408 e. The molecule has 1 aromatic rings. The molecule has 0 aliphatic heterocycles. The maximum atomic E-state index is 13.4. The van der Waals surface area contributed by atoms with Crippen molar-refractivity contribution in [2.45, 2.75) is 98.8 Å². The third-order valence-corrected chi connectivity index (χ3v) is 5.59. The largest absolute Gasteiger partial charge is 0.444 e. The minimum Gasteiger partial charge on any atom is -0.444 e. The van der Waals surface area contributed by atoms with Gasteiger partial charge in [-0.3, -0.25) is 9.59 Å². The van der Waals surface area contributed by atoms with Crippen LogP contribution in [-0.4, -0.2) is 47.5 Å². The van der Waals surface area contributed by atoms with E-state index in [-0.39, 0.29) is 24.4 Å². The number of carbonyl (C=O) groups excluding carboxylic acids is 3. The monoisotopic (exact) mass is 461 g/mol. The average Bonchev–Trinajstić information content (AvgIpc) is 2.73. The highest BCUT2D eigenvalue weighted by molar-refractivity contribution is 5.90. The standard InChI is InChI=1S/C26H43N3O4/c1-9-11-12-15-27-24(31)23(21-14-13-18(3)19(4)16-21)29(20(5)10-2)22(30)17-28-25(32)33-26(6,7)8/h13-14,16,20,23H,9-12,15,17H2,1-8H3,(H,27,31)(H,28,32). The molecule has 7 heteroatoms. The summed E-state index contributed by atoms with van der Waals surface area (Å²) >= 11 is 0. The van der Waals surface area contributed by atoms with Crippen molar-refractivity contribution in [2.75, 3.05) is 13.1 Å². The number of carbonyl (C=O) groups is 3. The van der Waals surface area contributed by atoms with Gasteiger partial charge in [-0.25, -0.2) is 4.79 Å². The Balaban J connectivity index is 3.22. The Kier molecular flexibility index (Phi) is 11.4. The molecule has 0 aliphatic carbocycles. The van der Waals surface area contributed by atoms with Crippen molar-refractivity contribution < 1.29 is 19.1 Å². The Morgan fingerprint density at radius 3 is 2.24 bits per heavy atom. The average molecular weight is 462 g/mol. The first-order valence-electron chi connectivity index (χ1n) is 12.0. The fourth-order valence-electron chi connectivity index (χ4n) is 3.45. The molecule has 0 fully saturated rings. The predicted octanol–water partition coefficient (Wildman–Crippen LogP) is 4.80. The molecule has 2 atom stereocenters. The summed E-state index contributed by atoms with van der Waals surface area (Å²) in [7, 11) is 0. The van der Waals surface area contributed by atoms with Gasteiger partial charge in [0.2, 0.25) is 11.8 Å². The molecule has 0 aliphatic rings. The van der Waals surface area contributed by atoms with E-state index in [0.717, 1.165) is 36.0 Å². The minimum absolute atomic E-state index is 0.203. The summed E-state index contributed by atoms with van der Waals surface area (Å²) in [5, 5.41) is 5.56. The first kappa shape index (κ1) is 28.5.